The highest BCUT2D eigenvalue weighted by molar-refractivity contribution is 6.26. The molecule has 0 spiro atoms. The van der Waals surface area contributed by atoms with Crippen LogP contribution in [0.25, 0.3) is 49.3 Å². The molecule has 0 fully saturated rings. The second kappa shape index (κ2) is 10.2. The topological polar surface area (TPSA) is 58.1 Å². The lowest BCUT2D eigenvalue weighted by molar-refractivity contribution is 1.08. The zero-order chi connectivity index (χ0) is 28.8. The van der Waals surface area contributed by atoms with Crippen molar-refractivity contribution < 1.29 is 0 Å². The summed E-state index contributed by atoms with van der Waals surface area (Å²) in [6, 6.07) is 51.7. The van der Waals surface area contributed by atoms with Crippen molar-refractivity contribution in [1.82, 2.24) is 9.24 Å². The van der Waals surface area contributed by atoms with E-state index in [-0.39, 0.29) is 5.84 Å². The molecular weight excluding hydrogens is 526 g/mol. The Hall–Kier alpha value is -5.94. The Kier molecular flexibility index (Phi) is 5.86. The van der Waals surface area contributed by atoms with E-state index in [0.717, 1.165) is 44.1 Å². The highest BCUT2D eigenvalue weighted by Gasteiger charge is 2.21. The van der Waals surface area contributed by atoms with E-state index >= 15 is 0 Å². The molecule has 2 heterocycles. The van der Waals surface area contributed by atoms with Crippen LogP contribution in [-0.2, 0) is 0 Å². The molecule has 43 heavy (non-hydrogen) atoms. The van der Waals surface area contributed by atoms with E-state index in [1.165, 1.54) is 16.3 Å². The third-order valence-corrected chi connectivity index (χ3v) is 8.02. The molecule has 0 atom stereocenters. The molecule has 8 rings (SSSR count). The summed E-state index contributed by atoms with van der Waals surface area (Å²) in [5, 5.41) is 13.5. The fourth-order valence-corrected chi connectivity index (χ4v) is 6.10. The van der Waals surface area contributed by atoms with Crippen LogP contribution in [-0.4, -0.2) is 20.9 Å². The maximum Gasteiger partial charge on any atom is 0.154 e. The molecule has 6 aromatic carbocycles. The molecular formula is C38H27N5. The number of amidine groups is 2. The lowest BCUT2D eigenvalue weighted by atomic mass is 10.1. The van der Waals surface area contributed by atoms with E-state index in [9.17, 15) is 0 Å². The number of nitrogens with one attached hydrogen (secondary N) is 2. The predicted octanol–water partition coefficient (Wildman–Crippen LogP) is 8.91. The molecule has 0 aliphatic rings. The quantitative estimate of drug-likeness (QED) is 0.166. The van der Waals surface area contributed by atoms with E-state index < -0.39 is 0 Å². The van der Waals surface area contributed by atoms with Gasteiger partial charge in [-0.2, -0.15) is 0 Å². The molecule has 204 valence electrons. The number of aromatic nitrogens is 2. The van der Waals surface area contributed by atoms with E-state index in [1.807, 2.05) is 60.7 Å². The van der Waals surface area contributed by atoms with Gasteiger partial charge in [0.2, 0.25) is 0 Å². The second-order valence-electron chi connectivity index (χ2n) is 10.5. The van der Waals surface area contributed by atoms with Gasteiger partial charge in [-0.3, -0.25) is 15.5 Å². The van der Waals surface area contributed by atoms with Crippen molar-refractivity contribution in [3.63, 3.8) is 0 Å². The minimum Gasteiger partial charge on any atom is -0.309 e. The maximum atomic E-state index is 8.82. The van der Waals surface area contributed by atoms with Crippen LogP contribution in [0.1, 0.15) is 11.1 Å². The number of rotatable bonds is 4. The van der Waals surface area contributed by atoms with Crippen LogP contribution >= 0.6 is 0 Å². The van der Waals surface area contributed by atoms with Crippen LogP contribution in [0, 0.1) is 5.41 Å². The summed E-state index contributed by atoms with van der Waals surface area (Å²) >= 11 is 0. The van der Waals surface area contributed by atoms with Crippen molar-refractivity contribution in [2.45, 2.75) is 0 Å². The van der Waals surface area contributed by atoms with E-state index in [0.29, 0.717) is 5.84 Å². The molecule has 0 unspecified atom stereocenters. The molecule has 2 aromatic heterocycles. The maximum absolute atomic E-state index is 8.82. The first-order valence-corrected chi connectivity index (χ1v) is 14.3. The monoisotopic (exact) mass is 553 g/mol. The zero-order valence-corrected chi connectivity index (χ0v) is 23.3. The van der Waals surface area contributed by atoms with Gasteiger partial charge in [0, 0.05) is 38.4 Å². The number of benzene rings is 6. The molecule has 0 saturated carbocycles. The number of nitrogens with zero attached hydrogens (tertiary/aromatic N) is 3. The van der Waals surface area contributed by atoms with Gasteiger partial charge in [0.1, 0.15) is 0 Å². The molecule has 0 aliphatic heterocycles. The Morgan fingerprint density at radius 1 is 0.512 bits per heavy atom. The summed E-state index contributed by atoms with van der Waals surface area (Å²) in [5.41, 5.74) is 10.8. The Balaban J connectivity index is 1.42. The van der Waals surface area contributed by atoms with Gasteiger partial charge < -0.3 is 4.57 Å². The summed E-state index contributed by atoms with van der Waals surface area (Å²) in [4.78, 5) is 4.83. The van der Waals surface area contributed by atoms with Crippen LogP contribution in [0.3, 0.4) is 0 Å². The highest BCUT2D eigenvalue weighted by atomic mass is 15.4. The summed E-state index contributed by atoms with van der Waals surface area (Å²) < 4.78 is 4.49. The normalized spacial score (nSPS) is 12.0. The van der Waals surface area contributed by atoms with E-state index in [1.54, 1.807) is 0 Å². The zero-order valence-electron chi connectivity index (χ0n) is 23.3. The largest absolute Gasteiger partial charge is 0.309 e. The minimum atomic E-state index is 0.194. The third kappa shape index (κ3) is 4.10. The fraction of sp³-hybridized carbons (Fsp3) is 0. The van der Waals surface area contributed by atoms with E-state index in [4.69, 9.17) is 10.4 Å². The number of hydrogen-bond donors (Lipinski definition) is 2. The molecule has 0 saturated heterocycles. The molecule has 0 radical (unpaired) electrons. The molecule has 2 N–H and O–H groups in total. The number of hydrogen-bond acceptors (Lipinski definition) is 1. The van der Waals surface area contributed by atoms with E-state index in [2.05, 4.69) is 106 Å². The van der Waals surface area contributed by atoms with Gasteiger partial charge in [-0.15, -0.1) is 0 Å². The molecule has 8 aromatic rings. The van der Waals surface area contributed by atoms with Gasteiger partial charge in [-0.1, -0.05) is 121 Å². The SMILES string of the molecule is N=C(N=C(Nn1c2ccccc2c2c1ccc1c3ccccc3n(-c3ccccc3)c12)c1ccccc1)c1ccccc1. The van der Waals surface area contributed by atoms with Crippen molar-refractivity contribution >= 4 is 55.3 Å². The van der Waals surface area contributed by atoms with Gasteiger partial charge in [-0.25, -0.2) is 4.99 Å². The highest BCUT2D eigenvalue weighted by Crippen LogP contribution is 2.40. The Morgan fingerprint density at radius 3 is 1.81 bits per heavy atom. The van der Waals surface area contributed by atoms with Crippen LogP contribution in [0.2, 0.25) is 0 Å². The molecule has 0 amide bonds. The van der Waals surface area contributed by atoms with Gasteiger partial charge in [-0.05, 0) is 30.3 Å². The van der Waals surface area contributed by atoms with Crippen LogP contribution in [0.5, 0.6) is 0 Å². The predicted molar refractivity (Wildman–Crippen MR) is 179 cm³/mol. The van der Waals surface area contributed by atoms with Crippen molar-refractivity contribution in [2.75, 3.05) is 5.43 Å². The Bertz CT molecular complexity index is 2310. The van der Waals surface area contributed by atoms with Gasteiger partial charge in [0.05, 0.1) is 22.1 Å². The second-order valence-corrected chi connectivity index (χ2v) is 10.5. The summed E-state index contributed by atoms with van der Waals surface area (Å²) in [7, 11) is 0. The van der Waals surface area contributed by atoms with Crippen LogP contribution in [0.4, 0.5) is 0 Å². The fourth-order valence-electron chi connectivity index (χ4n) is 6.10. The van der Waals surface area contributed by atoms with Crippen molar-refractivity contribution in [3.8, 4) is 5.69 Å². The standard InChI is InChI=1S/C38H27N5/c39-37(26-14-4-1-5-15-26)40-38(27-16-6-2-7-17-27)41-43-33-23-13-11-21-31(33)35-34(43)25-24-30-29-20-10-12-22-32(29)42(36(30)35)28-18-8-3-9-19-28/h1-25H,(H2,39,40,41). The Morgan fingerprint density at radius 2 is 1.09 bits per heavy atom. The molecule has 5 nitrogen and oxygen atoms in total. The summed E-state index contributed by atoms with van der Waals surface area (Å²) in [6.07, 6.45) is 0. The average molecular weight is 554 g/mol. The molecule has 0 aliphatic carbocycles. The average Bonchev–Trinajstić information content (AvgIpc) is 3.58. The molecule has 0 bridgehead atoms. The van der Waals surface area contributed by atoms with Crippen LogP contribution in [0.15, 0.2) is 157 Å². The lowest BCUT2D eigenvalue weighted by Gasteiger charge is -2.15. The minimum absolute atomic E-state index is 0.194. The number of para-hydroxylation sites is 3. The summed E-state index contributed by atoms with van der Waals surface area (Å²) in [5.74, 6) is 0.792. The number of fused-ring (bicyclic) bond motifs is 7. The third-order valence-electron chi connectivity index (χ3n) is 8.02. The first kappa shape index (κ1) is 24.8. The first-order chi connectivity index (χ1) is 21.3. The first-order valence-electron chi connectivity index (χ1n) is 14.3. The van der Waals surface area contributed by atoms with Gasteiger partial charge in [0.15, 0.2) is 11.7 Å². The Labute approximate surface area is 248 Å². The lowest BCUT2D eigenvalue weighted by Crippen LogP contribution is -2.25. The van der Waals surface area contributed by atoms with Crippen molar-refractivity contribution in [3.05, 3.63) is 163 Å². The summed E-state index contributed by atoms with van der Waals surface area (Å²) in [6.45, 7) is 0. The van der Waals surface area contributed by atoms with Crippen LogP contribution < -0.4 is 5.43 Å². The smallest absolute Gasteiger partial charge is 0.154 e. The van der Waals surface area contributed by atoms with Gasteiger partial charge in [0.25, 0.3) is 0 Å². The van der Waals surface area contributed by atoms with Crippen molar-refractivity contribution in [1.29, 1.82) is 5.41 Å². The van der Waals surface area contributed by atoms with Gasteiger partial charge >= 0.3 is 0 Å². The molecule has 5 heteroatoms. The number of aliphatic imine (C=N–C) groups is 1. The van der Waals surface area contributed by atoms with Crippen molar-refractivity contribution in [2.24, 2.45) is 4.99 Å².